The molecule has 2 aliphatic heterocycles. The Labute approximate surface area is 163 Å². The molecule has 1 spiro atoms. The number of nitrogens with one attached hydrogen (secondary N) is 1. The van der Waals surface area contributed by atoms with Gasteiger partial charge in [-0.05, 0) is 44.4 Å². The van der Waals surface area contributed by atoms with Gasteiger partial charge in [0.1, 0.15) is 0 Å². The van der Waals surface area contributed by atoms with Crippen LogP contribution in [0.2, 0.25) is 0 Å². The lowest BCUT2D eigenvalue weighted by molar-refractivity contribution is 0.0128. The highest BCUT2D eigenvalue weighted by molar-refractivity contribution is 14.0. The van der Waals surface area contributed by atoms with Crippen LogP contribution in [0, 0.1) is 5.41 Å². The van der Waals surface area contributed by atoms with Crippen molar-refractivity contribution in [3.05, 3.63) is 0 Å². The van der Waals surface area contributed by atoms with Crippen LogP contribution in [0.25, 0.3) is 0 Å². The average Bonchev–Trinajstić information content (AvgIpc) is 2.96. The van der Waals surface area contributed by atoms with Gasteiger partial charge in [-0.15, -0.1) is 24.0 Å². The third-order valence-corrected chi connectivity index (χ3v) is 5.93. The summed E-state index contributed by atoms with van der Waals surface area (Å²) in [5.41, 5.74) is -0.148. The van der Waals surface area contributed by atoms with Crippen LogP contribution >= 0.6 is 24.0 Å². The highest BCUT2D eigenvalue weighted by Crippen LogP contribution is 2.39. The third kappa shape index (κ3) is 4.97. The molecular weight excluding hydrogens is 417 g/mol. The molecule has 0 radical (unpaired) electrons. The van der Waals surface area contributed by atoms with Crippen LogP contribution in [0.5, 0.6) is 0 Å². The van der Waals surface area contributed by atoms with Crippen molar-refractivity contribution >= 4 is 29.9 Å². The molecule has 140 valence electrons. The van der Waals surface area contributed by atoms with Crippen molar-refractivity contribution < 1.29 is 9.84 Å². The molecule has 3 fully saturated rings. The van der Waals surface area contributed by atoms with Gasteiger partial charge in [-0.25, -0.2) is 0 Å². The zero-order valence-electron chi connectivity index (χ0n) is 15.1. The lowest BCUT2D eigenvalue weighted by Crippen LogP contribution is -2.44. The van der Waals surface area contributed by atoms with Gasteiger partial charge in [0, 0.05) is 32.8 Å². The number of aliphatic imine (C=N–C) groups is 1. The Morgan fingerprint density at radius 3 is 2.50 bits per heavy atom. The predicted molar refractivity (Wildman–Crippen MR) is 108 cm³/mol. The first-order chi connectivity index (χ1) is 11.1. The van der Waals surface area contributed by atoms with E-state index in [1.54, 1.807) is 0 Å². The summed E-state index contributed by atoms with van der Waals surface area (Å²) in [6, 6.07) is 0. The summed E-state index contributed by atoms with van der Waals surface area (Å²) in [6.07, 6.45) is 8.91. The molecule has 0 amide bonds. The van der Waals surface area contributed by atoms with E-state index in [0.29, 0.717) is 12.0 Å². The molecule has 1 aliphatic carbocycles. The predicted octanol–water partition coefficient (Wildman–Crippen LogP) is 2.77. The Morgan fingerprint density at radius 2 is 1.83 bits per heavy atom. The van der Waals surface area contributed by atoms with E-state index in [1.807, 2.05) is 0 Å². The summed E-state index contributed by atoms with van der Waals surface area (Å²) >= 11 is 0. The van der Waals surface area contributed by atoms with Crippen molar-refractivity contribution in [2.75, 3.05) is 39.4 Å². The summed E-state index contributed by atoms with van der Waals surface area (Å²) < 4.78 is 5.54. The molecule has 24 heavy (non-hydrogen) atoms. The first-order valence-corrected chi connectivity index (χ1v) is 9.48. The van der Waals surface area contributed by atoms with Gasteiger partial charge in [-0.1, -0.05) is 19.3 Å². The molecule has 0 aromatic rings. The number of likely N-dealkylation sites (tertiary alicyclic amines) is 1. The van der Waals surface area contributed by atoms with E-state index in [0.717, 1.165) is 64.5 Å². The Morgan fingerprint density at radius 1 is 1.12 bits per heavy atom. The average molecular weight is 451 g/mol. The molecule has 1 saturated carbocycles. The SMILES string of the molecule is CCNC(=NCC1(O)CCCCC1)N1CCC2(CCOCC2)C1.I. The maximum absolute atomic E-state index is 10.7. The van der Waals surface area contributed by atoms with E-state index in [2.05, 4.69) is 17.1 Å². The van der Waals surface area contributed by atoms with Gasteiger partial charge < -0.3 is 20.1 Å². The number of rotatable bonds is 3. The molecule has 5 nitrogen and oxygen atoms in total. The Balaban J connectivity index is 0.00000208. The summed E-state index contributed by atoms with van der Waals surface area (Å²) in [5.74, 6) is 0.995. The minimum Gasteiger partial charge on any atom is -0.388 e. The van der Waals surface area contributed by atoms with Crippen LogP contribution in [0.4, 0.5) is 0 Å². The van der Waals surface area contributed by atoms with Gasteiger partial charge in [-0.3, -0.25) is 4.99 Å². The number of hydrogen-bond acceptors (Lipinski definition) is 3. The molecule has 2 heterocycles. The fourth-order valence-electron chi connectivity index (χ4n) is 4.34. The van der Waals surface area contributed by atoms with E-state index >= 15 is 0 Å². The highest BCUT2D eigenvalue weighted by Gasteiger charge is 2.40. The standard InChI is InChI=1S/C18H33N3O2.HI/c1-2-19-16(20-14-18(22)6-4-3-5-7-18)21-11-8-17(15-21)9-12-23-13-10-17;/h22H,2-15H2,1H3,(H,19,20);1H. The van der Waals surface area contributed by atoms with Crippen LogP contribution in [0.1, 0.15) is 58.3 Å². The lowest BCUT2D eigenvalue weighted by atomic mass is 9.80. The topological polar surface area (TPSA) is 57.1 Å². The fraction of sp³-hybridized carbons (Fsp3) is 0.944. The van der Waals surface area contributed by atoms with Crippen molar-refractivity contribution in [2.45, 2.75) is 63.9 Å². The molecule has 0 unspecified atom stereocenters. The molecule has 0 aromatic heterocycles. The van der Waals surface area contributed by atoms with Gasteiger partial charge in [0.05, 0.1) is 12.1 Å². The zero-order valence-corrected chi connectivity index (χ0v) is 17.4. The Bertz CT molecular complexity index is 418. The monoisotopic (exact) mass is 451 g/mol. The molecule has 3 rings (SSSR count). The van der Waals surface area contributed by atoms with Crippen LogP contribution in [0.15, 0.2) is 4.99 Å². The third-order valence-electron chi connectivity index (χ3n) is 5.93. The van der Waals surface area contributed by atoms with E-state index in [1.165, 1.54) is 25.7 Å². The van der Waals surface area contributed by atoms with Gasteiger partial charge in [-0.2, -0.15) is 0 Å². The quantitative estimate of drug-likeness (QED) is 0.394. The lowest BCUT2D eigenvalue weighted by Gasteiger charge is -2.34. The molecule has 6 heteroatoms. The van der Waals surface area contributed by atoms with Gasteiger partial charge >= 0.3 is 0 Å². The summed E-state index contributed by atoms with van der Waals surface area (Å²) in [4.78, 5) is 7.22. The van der Waals surface area contributed by atoms with Gasteiger partial charge in [0.25, 0.3) is 0 Å². The number of guanidine groups is 1. The fourth-order valence-corrected chi connectivity index (χ4v) is 4.34. The first kappa shape index (κ1) is 20.2. The Kier molecular flexibility index (Phi) is 7.61. The van der Waals surface area contributed by atoms with Crippen LogP contribution in [-0.4, -0.2) is 61.0 Å². The maximum atomic E-state index is 10.7. The molecule has 2 N–H and O–H groups in total. The molecule has 3 aliphatic rings. The van der Waals surface area contributed by atoms with Gasteiger partial charge in [0.15, 0.2) is 5.96 Å². The van der Waals surface area contributed by atoms with Crippen molar-refractivity contribution in [2.24, 2.45) is 10.4 Å². The summed E-state index contributed by atoms with van der Waals surface area (Å²) in [7, 11) is 0. The number of aliphatic hydroxyl groups is 1. The van der Waals surface area contributed by atoms with Crippen LogP contribution < -0.4 is 5.32 Å². The molecule has 2 saturated heterocycles. The van der Waals surface area contributed by atoms with E-state index in [9.17, 15) is 5.11 Å². The van der Waals surface area contributed by atoms with Crippen LogP contribution in [0.3, 0.4) is 0 Å². The largest absolute Gasteiger partial charge is 0.388 e. The number of ether oxygens (including phenoxy) is 1. The molecular formula is C18H34IN3O2. The second-order valence-electron chi connectivity index (χ2n) is 7.74. The summed E-state index contributed by atoms with van der Waals surface area (Å²) in [5, 5.41) is 14.1. The number of halogens is 1. The minimum atomic E-state index is -0.574. The zero-order chi connectivity index (χ0) is 16.2. The normalized spacial score (nSPS) is 26.2. The van der Waals surface area contributed by atoms with Gasteiger partial charge in [0.2, 0.25) is 0 Å². The number of hydrogen-bond donors (Lipinski definition) is 2. The van der Waals surface area contributed by atoms with Crippen LogP contribution in [-0.2, 0) is 4.74 Å². The van der Waals surface area contributed by atoms with Crippen molar-refractivity contribution in [1.29, 1.82) is 0 Å². The second kappa shape index (κ2) is 9.03. The number of nitrogens with zero attached hydrogens (tertiary/aromatic N) is 2. The van der Waals surface area contributed by atoms with E-state index in [-0.39, 0.29) is 24.0 Å². The van der Waals surface area contributed by atoms with Crippen molar-refractivity contribution in [3.63, 3.8) is 0 Å². The second-order valence-corrected chi connectivity index (χ2v) is 7.74. The van der Waals surface area contributed by atoms with Crippen molar-refractivity contribution in [3.8, 4) is 0 Å². The maximum Gasteiger partial charge on any atom is 0.194 e. The Hall–Kier alpha value is -0.0800. The highest BCUT2D eigenvalue weighted by atomic mass is 127. The minimum absolute atomic E-state index is 0. The molecule has 0 bridgehead atoms. The van der Waals surface area contributed by atoms with E-state index < -0.39 is 5.60 Å². The summed E-state index contributed by atoms with van der Waals surface area (Å²) in [6.45, 7) is 7.50. The van der Waals surface area contributed by atoms with Crippen molar-refractivity contribution in [1.82, 2.24) is 10.2 Å². The first-order valence-electron chi connectivity index (χ1n) is 9.48. The van der Waals surface area contributed by atoms with E-state index in [4.69, 9.17) is 9.73 Å². The smallest absolute Gasteiger partial charge is 0.194 e. The molecule has 0 aromatic carbocycles. The molecule has 0 atom stereocenters.